The minimum absolute atomic E-state index is 0.275. The summed E-state index contributed by atoms with van der Waals surface area (Å²) in [5, 5.41) is 10.8. The standard InChI is InChI=1S/C13H16BrClN2O2/c14-11-6-10(15)3-2-9(11)7-17-5-1-4-13(19,8-17)12(16)18/h2-3,6,19H,1,4-5,7-8H2,(H2,16,18)/t13-/m1/s1. The highest BCUT2D eigenvalue weighted by atomic mass is 79.9. The molecule has 1 aliphatic rings. The van der Waals surface area contributed by atoms with E-state index in [0.29, 0.717) is 18.0 Å². The maximum Gasteiger partial charge on any atom is 0.250 e. The first-order valence-corrected chi connectivity index (χ1v) is 7.26. The molecule has 6 heteroatoms. The summed E-state index contributed by atoms with van der Waals surface area (Å²) in [7, 11) is 0. The SMILES string of the molecule is NC(=O)[C@@]1(O)CCCN(Cc2ccc(Cl)cc2Br)C1. The Kier molecular flexibility index (Phi) is 4.50. The highest BCUT2D eigenvalue weighted by Crippen LogP contribution is 2.26. The monoisotopic (exact) mass is 346 g/mol. The zero-order valence-corrected chi connectivity index (χ0v) is 12.7. The number of piperidine rings is 1. The Hall–Kier alpha value is -0.620. The normalized spacial score (nSPS) is 24.4. The molecular formula is C13H16BrClN2O2. The van der Waals surface area contributed by atoms with Crippen molar-refractivity contribution in [2.45, 2.75) is 25.0 Å². The lowest BCUT2D eigenvalue weighted by Gasteiger charge is -2.37. The molecule has 0 aliphatic carbocycles. The molecule has 3 N–H and O–H groups in total. The number of carbonyl (C=O) groups is 1. The number of aliphatic hydroxyl groups is 1. The van der Waals surface area contributed by atoms with Crippen LogP contribution in [0.1, 0.15) is 18.4 Å². The quantitative estimate of drug-likeness (QED) is 0.878. The fourth-order valence-electron chi connectivity index (χ4n) is 2.35. The predicted molar refractivity (Wildman–Crippen MR) is 77.8 cm³/mol. The number of primary amides is 1. The molecule has 104 valence electrons. The molecule has 0 unspecified atom stereocenters. The van der Waals surface area contributed by atoms with Gasteiger partial charge in [0, 0.05) is 22.6 Å². The molecule has 0 bridgehead atoms. The van der Waals surface area contributed by atoms with Crippen LogP contribution in [0.25, 0.3) is 0 Å². The second-order valence-corrected chi connectivity index (χ2v) is 6.24. The van der Waals surface area contributed by atoms with Gasteiger partial charge in [-0.1, -0.05) is 33.6 Å². The van der Waals surface area contributed by atoms with E-state index in [1.54, 1.807) is 0 Å². The summed E-state index contributed by atoms with van der Waals surface area (Å²) in [6, 6.07) is 5.59. The molecule has 0 saturated carbocycles. The minimum Gasteiger partial charge on any atom is -0.379 e. The van der Waals surface area contributed by atoms with Crippen molar-refractivity contribution in [3.8, 4) is 0 Å². The van der Waals surface area contributed by atoms with Gasteiger partial charge in [0.2, 0.25) is 0 Å². The average Bonchev–Trinajstić information content (AvgIpc) is 2.33. The van der Waals surface area contributed by atoms with Gasteiger partial charge in [-0.05, 0) is 37.1 Å². The molecule has 0 spiro atoms. The van der Waals surface area contributed by atoms with E-state index in [0.717, 1.165) is 23.0 Å². The van der Waals surface area contributed by atoms with Gasteiger partial charge in [-0.3, -0.25) is 9.69 Å². The highest BCUT2D eigenvalue weighted by Gasteiger charge is 2.38. The smallest absolute Gasteiger partial charge is 0.250 e. The van der Waals surface area contributed by atoms with E-state index in [2.05, 4.69) is 15.9 Å². The zero-order valence-electron chi connectivity index (χ0n) is 10.4. The average molecular weight is 348 g/mol. The number of nitrogens with two attached hydrogens (primary N) is 1. The lowest BCUT2D eigenvalue weighted by Crippen LogP contribution is -2.55. The molecular weight excluding hydrogens is 332 g/mol. The molecule has 1 aliphatic heterocycles. The number of rotatable bonds is 3. The van der Waals surface area contributed by atoms with E-state index in [1.807, 2.05) is 23.1 Å². The molecule has 1 aromatic rings. The fraction of sp³-hybridized carbons (Fsp3) is 0.462. The Bertz CT molecular complexity index is 498. The van der Waals surface area contributed by atoms with E-state index in [-0.39, 0.29) is 6.54 Å². The highest BCUT2D eigenvalue weighted by molar-refractivity contribution is 9.10. The van der Waals surface area contributed by atoms with Crippen LogP contribution in [0.15, 0.2) is 22.7 Å². The first-order chi connectivity index (χ1) is 8.90. The van der Waals surface area contributed by atoms with Gasteiger partial charge in [0.15, 0.2) is 5.60 Å². The van der Waals surface area contributed by atoms with Crippen LogP contribution in [0.3, 0.4) is 0 Å². The Balaban J connectivity index is 2.09. The molecule has 0 aromatic heterocycles. The molecule has 1 aromatic carbocycles. The molecule has 1 fully saturated rings. The second-order valence-electron chi connectivity index (χ2n) is 4.95. The van der Waals surface area contributed by atoms with Crippen molar-refractivity contribution in [3.63, 3.8) is 0 Å². The number of amides is 1. The summed E-state index contributed by atoms with van der Waals surface area (Å²) < 4.78 is 0.924. The molecule has 1 atom stereocenters. The van der Waals surface area contributed by atoms with Crippen molar-refractivity contribution in [2.75, 3.05) is 13.1 Å². The van der Waals surface area contributed by atoms with Gasteiger partial charge in [-0.15, -0.1) is 0 Å². The van der Waals surface area contributed by atoms with Gasteiger partial charge in [0.1, 0.15) is 0 Å². The first kappa shape index (κ1) is 14.8. The van der Waals surface area contributed by atoms with Crippen LogP contribution >= 0.6 is 27.5 Å². The van der Waals surface area contributed by atoms with Crippen molar-refractivity contribution in [3.05, 3.63) is 33.3 Å². The molecule has 2 rings (SSSR count). The van der Waals surface area contributed by atoms with Gasteiger partial charge in [0.05, 0.1) is 0 Å². The fourth-order valence-corrected chi connectivity index (χ4v) is 3.16. The third-order valence-corrected chi connectivity index (χ3v) is 4.39. The number of hydrogen-bond acceptors (Lipinski definition) is 3. The summed E-state index contributed by atoms with van der Waals surface area (Å²) >= 11 is 9.37. The number of nitrogens with zero attached hydrogens (tertiary/aromatic N) is 1. The number of β-amino-alcohol motifs (C(OH)–C–C–N with tert-alkyl or cyclic N) is 1. The van der Waals surface area contributed by atoms with Gasteiger partial charge in [-0.25, -0.2) is 0 Å². The number of likely N-dealkylation sites (tertiary alicyclic amines) is 1. The lowest BCUT2D eigenvalue weighted by atomic mass is 9.92. The van der Waals surface area contributed by atoms with E-state index >= 15 is 0 Å². The van der Waals surface area contributed by atoms with Gasteiger partial charge < -0.3 is 10.8 Å². The maximum atomic E-state index is 11.3. The van der Waals surface area contributed by atoms with Crippen molar-refractivity contribution >= 4 is 33.4 Å². The van der Waals surface area contributed by atoms with Crippen LogP contribution in [-0.4, -0.2) is 34.6 Å². The summed E-state index contributed by atoms with van der Waals surface area (Å²) in [4.78, 5) is 13.3. The molecule has 1 heterocycles. The van der Waals surface area contributed by atoms with Crippen LogP contribution in [0.5, 0.6) is 0 Å². The lowest BCUT2D eigenvalue weighted by molar-refractivity contribution is -0.142. The largest absolute Gasteiger partial charge is 0.379 e. The van der Waals surface area contributed by atoms with Crippen LogP contribution < -0.4 is 5.73 Å². The summed E-state index contributed by atoms with van der Waals surface area (Å²) in [5.41, 5.74) is 4.93. The van der Waals surface area contributed by atoms with Crippen molar-refractivity contribution in [2.24, 2.45) is 5.73 Å². The third-order valence-electron chi connectivity index (χ3n) is 3.42. The van der Waals surface area contributed by atoms with Crippen molar-refractivity contribution < 1.29 is 9.90 Å². The minimum atomic E-state index is -1.41. The first-order valence-electron chi connectivity index (χ1n) is 6.09. The van der Waals surface area contributed by atoms with E-state index in [9.17, 15) is 9.90 Å². The molecule has 0 radical (unpaired) electrons. The molecule has 1 amide bonds. The van der Waals surface area contributed by atoms with E-state index < -0.39 is 11.5 Å². The van der Waals surface area contributed by atoms with Gasteiger partial charge in [-0.2, -0.15) is 0 Å². The Morgan fingerprint density at radius 3 is 2.95 bits per heavy atom. The molecule has 1 saturated heterocycles. The predicted octanol–water partition coefficient (Wildman–Crippen LogP) is 1.91. The second kappa shape index (κ2) is 5.79. The van der Waals surface area contributed by atoms with Crippen LogP contribution in [0.4, 0.5) is 0 Å². The van der Waals surface area contributed by atoms with Crippen LogP contribution in [-0.2, 0) is 11.3 Å². The summed E-state index contributed by atoms with van der Waals surface area (Å²) in [6.45, 7) is 1.76. The van der Waals surface area contributed by atoms with Crippen molar-refractivity contribution in [1.29, 1.82) is 0 Å². The summed E-state index contributed by atoms with van der Waals surface area (Å²) in [5.74, 6) is -0.646. The topological polar surface area (TPSA) is 66.6 Å². The van der Waals surface area contributed by atoms with Crippen LogP contribution in [0.2, 0.25) is 5.02 Å². The van der Waals surface area contributed by atoms with Crippen molar-refractivity contribution in [1.82, 2.24) is 4.90 Å². The number of halogens is 2. The van der Waals surface area contributed by atoms with Crippen LogP contribution in [0, 0.1) is 0 Å². The maximum absolute atomic E-state index is 11.3. The number of benzene rings is 1. The zero-order chi connectivity index (χ0) is 14.0. The van der Waals surface area contributed by atoms with Gasteiger partial charge >= 0.3 is 0 Å². The Morgan fingerprint density at radius 2 is 2.32 bits per heavy atom. The third kappa shape index (κ3) is 3.48. The Labute approximate surface area is 125 Å². The van der Waals surface area contributed by atoms with E-state index in [1.165, 1.54) is 0 Å². The Morgan fingerprint density at radius 1 is 1.58 bits per heavy atom. The number of hydrogen-bond donors (Lipinski definition) is 2. The molecule has 4 nitrogen and oxygen atoms in total. The van der Waals surface area contributed by atoms with E-state index in [4.69, 9.17) is 17.3 Å². The van der Waals surface area contributed by atoms with Gasteiger partial charge in [0.25, 0.3) is 5.91 Å². The summed E-state index contributed by atoms with van der Waals surface area (Å²) in [6.07, 6.45) is 1.19. The molecule has 19 heavy (non-hydrogen) atoms. The number of carbonyl (C=O) groups excluding carboxylic acids is 1.